The fourth-order valence-electron chi connectivity index (χ4n) is 3.85. The number of nitrogens with one attached hydrogen (secondary N) is 1. The van der Waals surface area contributed by atoms with E-state index in [9.17, 15) is 14.4 Å². The van der Waals surface area contributed by atoms with Crippen molar-refractivity contribution >= 4 is 39.1 Å². The monoisotopic (exact) mass is 447 g/mol. The van der Waals surface area contributed by atoms with Gasteiger partial charge in [-0.25, -0.2) is 9.67 Å². The zero-order valence-electron chi connectivity index (χ0n) is 17.8. The largest absolute Gasteiger partial charge is 0.364 e. The van der Waals surface area contributed by atoms with Gasteiger partial charge < -0.3 is 11.1 Å². The van der Waals surface area contributed by atoms with Crippen molar-refractivity contribution in [2.75, 3.05) is 5.32 Å². The highest BCUT2D eigenvalue weighted by atomic mass is 32.1. The second-order valence-electron chi connectivity index (χ2n) is 7.58. The summed E-state index contributed by atoms with van der Waals surface area (Å²) in [4.78, 5) is 41.7. The number of aryl methyl sites for hydroxylation is 3. The first-order valence-electron chi connectivity index (χ1n) is 9.88. The molecule has 0 saturated carbocycles. The van der Waals surface area contributed by atoms with Crippen LogP contribution in [0.2, 0.25) is 0 Å². The number of hydrogen-bond donors (Lipinski definition) is 2. The molecule has 4 rings (SSSR count). The zero-order chi connectivity index (χ0) is 23.0. The van der Waals surface area contributed by atoms with Crippen LogP contribution in [-0.2, 0) is 11.3 Å². The number of thiazole rings is 1. The molecule has 2 aromatic heterocycles. The predicted molar refractivity (Wildman–Crippen MR) is 125 cm³/mol. The zero-order valence-corrected chi connectivity index (χ0v) is 18.6. The van der Waals surface area contributed by atoms with E-state index in [0.717, 1.165) is 27.1 Å². The highest BCUT2D eigenvalue weighted by molar-refractivity contribution is 7.14. The topological polar surface area (TPSA) is 120 Å². The van der Waals surface area contributed by atoms with Gasteiger partial charge in [0.2, 0.25) is 5.91 Å². The first-order chi connectivity index (χ1) is 15.2. The summed E-state index contributed by atoms with van der Waals surface area (Å²) in [5.74, 6) is -1.26. The number of carbonyl (C=O) groups is 2. The molecule has 2 heterocycles. The number of hydrogen-bond acceptors (Lipinski definition) is 6. The minimum Gasteiger partial charge on any atom is -0.364 e. The maximum absolute atomic E-state index is 12.7. The van der Waals surface area contributed by atoms with Crippen molar-refractivity contribution in [3.05, 3.63) is 74.5 Å². The summed E-state index contributed by atoms with van der Waals surface area (Å²) in [7, 11) is 0. The molecular weight excluding hydrogens is 426 g/mol. The first-order valence-corrected chi connectivity index (χ1v) is 10.8. The van der Waals surface area contributed by atoms with Gasteiger partial charge >= 0.3 is 0 Å². The Hall–Kier alpha value is -3.85. The van der Waals surface area contributed by atoms with E-state index in [2.05, 4.69) is 27.5 Å². The van der Waals surface area contributed by atoms with Crippen LogP contribution in [0.5, 0.6) is 0 Å². The molecule has 4 aromatic rings. The van der Waals surface area contributed by atoms with Crippen molar-refractivity contribution in [3.8, 4) is 11.3 Å². The van der Waals surface area contributed by atoms with Crippen molar-refractivity contribution in [1.29, 1.82) is 0 Å². The quantitative estimate of drug-likeness (QED) is 0.487. The number of fused-ring (bicyclic) bond motifs is 1. The van der Waals surface area contributed by atoms with Crippen LogP contribution >= 0.6 is 11.3 Å². The molecule has 9 heteroatoms. The molecule has 0 aliphatic rings. The lowest BCUT2D eigenvalue weighted by molar-refractivity contribution is -0.117. The maximum atomic E-state index is 12.7. The van der Waals surface area contributed by atoms with Crippen LogP contribution in [0, 0.1) is 20.8 Å². The van der Waals surface area contributed by atoms with Crippen LogP contribution in [-0.4, -0.2) is 26.6 Å². The summed E-state index contributed by atoms with van der Waals surface area (Å²) in [6.45, 7) is 5.73. The lowest BCUT2D eigenvalue weighted by atomic mass is 9.98. The minimum absolute atomic E-state index is 0.0603. The van der Waals surface area contributed by atoms with E-state index in [0.29, 0.717) is 10.5 Å². The number of benzene rings is 2. The second-order valence-corrected chi connectivity index (χ2v) is 8.44. The van der Waals surface area contributed by atoms with Gasteiger partial charge in [-0.05, 0) is 38.0 Å². The molecule has 0 aliphatic heterocycles. The number of rotatable bonds is 5. The number of amides is 2. The Morgan fingerprint density at radius 1 is 1.09 bits per heavy atom. The number of nitrogens with zero attached hydrogens (tertiary/aromatic N) is 3. The van der Waals surface area contributed by atoms with Crippen LogP contribution in [0.4, 0.5) is 5.13 Å². The van der Waals surface area contributed by atoms with E-state index in [1.165, 1.54) is 16.9 Å². The van der Waals surface area contributed by atoms with Crippen molar-refractivity contribution in [1.82, 2.24) is 14.8 Å². The van der Waals surface area contributed by atoms with Gasteiger partial charge in [0, 0.05) is 16.3 Å². The fourth-order valence-corrected chi connectivity index (χ4v) is 4.57. The minimum atomic E-state index is -0.774. The van der Waals surface area contributed by atoms with Gasteiger partial charge in [0.1, 0.15) is 6.54 Å². The molecule has 2 aromatic carbocycles. The highest BCUT2D eigenvalue weighted by Crippen LogP contribution is 2.31. The summed E-state index contributed by atoms with van der Waals surface area (Å²) in [5, 5.41) is 9.64. The first kappa shape index (κ1) is 21.4. The maximum Gasteiger partial charge on any atom is 0.275 e. The molecule has 0 unspecified atom stereocenters. The van der Waals surface area contributed by atoms with Crippen molar-refractivity contribution in [3.63, 3.8) is 0 Å². The van der Waals surface area contributed by atoms with E-state index in [1.807, 2.05) is 26.2 Å². The summed E-state index contributed by atoms with van der Waals surface area (Å²) in [6, 6.07) is 10.7. The lowest BCUT2D eigenvalue weighted by Crippen LogP contribution is -2.32. The number of aromatic nitrogens is 3. The van der Waals surface area contributed by atoms with Crippen molar-refractivity contribution < 1.29 is 9.59 Å². The second kappa shape index (κ2) is 8.35. The van der Waals surface area contributed by atoms with Crippen LogP contribution in [0.15, 0.2) is 46.6 Å². The Bertz CT molecular complexity index is 1410. The van der Waals surface area contributed by atoms with E-state index in [-0.39, 0.29) is 17.6 Å². The molecule has 8 nitrogen and oxygen atoms in total. The molecule has 3 N–H and O–H groups in total. The summed E-state index contributed by atoms with van der Waals surface area (Å²) >= 11 is 1.29. The third kappa shape index (κ3) is 4.02. The summed E-state index contributed by atoms with van der Waals surface area (Å²) < 4.78 is 0.945. The molecule has 32 heavy (non-hydrogen) atoms. The molecule has 0 aliphatic carbocycles. The predicted octanol–water partition coefficient (Wildman–Crippen LogP) is 3.18. The van der Waals surface area contributed by atoms with E-state index in [4.69, 9.17) is 5.73 Å². The van der Waals surface area contributed by atoms with E-state index < -0.39 is 17.4 Å². The number of primary amides is 1. The summed E-state index contributed by atoms with van der Waals surface area (Å²) in [6.07, 6.45) is 0. The Kier molecular flexibility index (Phi) is 5.58. The van der Waals surface area contributed by atoms with Crippen molar-refractivity contribution in [2.45, 2.75) is 27.3 Å². The standard InChI is InChI=1S/C23H21N5O3S/c1-12-8-13(2)19(14(3)9-12)17-11-32-23(25-17)26-18(29)10-28-22(31)16-7-5-4-6-15(16)20(27-28)21(24)30/h4-9,11H,10H2,1-3H3,(H2,24,30)(H,25,26,29). The third-order valence-corrected chi connectivity index (χ3v) is 5.84. The SMILES string of the molecule is Cc1cc(C)c(-c2csc(NC(=O)Cn3nc(C(N)=O)c4ccccc4c3=O)n2)c(C)c1. The molecule has 0 atom stereocenters. The Morgan fingerprint density at radius 3 is 2.41 bits per heavy atom. The molecule has 0 spiro atoms. The van der Waals surface area contributed by atoms with Gasteiger partial charge in [-0.1, -0.05) is 35.9 Å². The molecule has 0 saturated heterocycles. The Balaban J connectivity index is 1.60. The van der Waals surface area contributed by atoms with Gasteiger partial charge in [0.05, 0.1) is 11.1 Å². The van der Waals surface area contributed by atoms with Crippen molar-refractivity contribution in [2.24, 2.45) is 5.73 Å². The Morgan fingerprint density at radius 2 is 1.75 bits per heavy atom. The van der Waals surface area contributed by atoms with Gasteiger partial charge in [-0.15, -0.1) is 11.3 Å². The number of carbonyl (C=O) groups excluding carboxylic acids is 2. The van der Waals surface area contributed by atoms with Gasteiger partial charge in [-0.3, -0.25) is 14.4 Å². The summed E-state index contributed by atoms with van der Waals surface area (Å²) in [5.41, 5.74) is 10.1. The smallest absolute Gasteiger partial charge is 0.275 e. The van der Waals surface area contributed by atoms with Gasteiger partial charge in [0.15, 0.2) is 10.8 Å². The molecule has 0 fully saturated rings. The average molecular weight is 448 g/mol. The van der Waals surface area contributed by atoms with E-state index >= 15 is 0 Å². The molecule has 2 amide bonds. The third-order valence-electron chi connectivity index (χ3n) is 5.08. The average Bonchev–Trinajstić information content (AvgIpc) is 3.16. The number of nitrogens with two attached hydrogens (primary N) is 1. The van der Waals surface area contributed by atoms with Crippen LogP contribution < -0.4 is 16.6 Å². The highest BCUT2D eigenvalue weighted by Gasteiger charge is 2.17. The normalized spacial score (nSPS) is 11.0. The Labute approximate surface area is 187 Å². The molecule has 162 valence electrons. The number of anilines is 1. The van der Waals surface area contributed by atoms with E-state index in [1.54, 1.807) is 24.3 Å². The molecule has 0 bridgehead atoms. The molecular formula is C23H21N5O3S. The van der Waals surface area contributed by atoms with Crippen LogP contribution in [0.3, 0.4) is 0 Å². The lowest BCUT2D eigenvalue weighted by Gasteiger charge is -2.09. The van der Waals surface area contributed by atoms with Gasteiger partial charge in [-0.2, -0.15) is 5.10 Å². The fraction of sp³-hybridized carbons (Fsp3) is 0.174. The van der Waals surface area contributed by atoms with Gasteiger partial charge in [0.25, 0.3) is 11.5 Å². The van der Waals surface area contributed by atoms with Crippen LogP contribution in [0.25, 0.3) is 22.0 Å². The molecule has 0 radical (unpaired) electrons. The van der Waals surface area contributed by atoms with Crippen LogP contribution in [0.1, 0.15) is 27.2 Å².